The van der Waals surface area contributed by atoms with Gasteiger partial charge in [0, 0.05) is 13.2 Å². The molecule has 0 aliphatic heterocycles. The number of amides is 1. The summed E-state index contributed by atoms with van der Waals surface area (Å²) >= 11 is 0. The Bertz CT molecular complexity index is 326. The van der Waals surface area contributed by atoms with Crippen LogP contribution in [0.25, 0.3) is 0 Å². The number of rotatable bonds is 7. The number of anilines is 1. The number of nitrogens with two attached hydrogens (primary N) is 1. The van der Waals surface area contributed by atoms with Gasteiger partial charge in [-0.1, -0.05) is 13.3 Å². The molecule has 7 heteroatoms. The van der Waals surface area contributed by atoms with Crippen molar-refractivity contribution in [2.24, 2.45) is 0 Å². The van der Waals surface area contributed by atoms with Crippen LogP contribution in [0.2, 0.25) is 0 Å². The van der Waals surface area contributed by atoms with Gasteiger partial charge in [0.05, 0.1) is 6.61 Å². The molecule has 0 aliphatic rings. The lowest BCUT2D eigenvalue weighted by atomic mass is 10.4. The molecule has 16 heavy (non-hydrogen) atoms. The van der Waals surface area contributed by atoms with E-state index >= 15 is 0 Å². The summed E-state index contributed by atoms with van der Waals surface area (Å²) in [4.78, 5) is 11.4. The standard InChI is InChI=1S/C9H16N4O3/c1-2-3-5-15-6-4-11-9(14)7-8(10)13-16-12-7/h2-6H2,1H3,(H2,10,13)(H,11,14). The third-order valence-electron chi connectivity index (χ3n) is 1.90. The van der Waals surface area contributed by atoms with Crippen molar-refractivity contribution in [2.45, 2.75) is 19.8 Å². The van der Waals surface area contributed by atoms with Crippen molar-refractivity contribution < 1.29 is 14.2 Å². The van der Waals surface area contributed by atoms with Crippen molar-refractivity contribution in [1.82, 2.24) is 15.6 Å². The molecule has 0 unspecified atom stereocenters. The third-order valence-corrected chi connectivity index (χ3v) is 1.90. The zero-order valence-corrected chi connectivity index (χ0v) is 9.23. The molecule has 3 N–H and O–H groups in total. The molecule has 1 heterocycles. The molecule has 1 amide bonds. The van der Waals surface area contributed by atoms with Gasteiger partial charge in [-0.15, -0.1) is 0 Å². The number of hydrogen-bond donors (Lipinski definition) is 2. The summed E-state index contributed by atoms with van der Waals surface area (Å²) in [5, 5.41) is 9.28. The van der Waals surface area contributed by atoms with E-state index in [4.69, 9.17) is 10.5 Å². The van der Waals surface area contributed by atoms with E-state index < -0.39 is 5.91 Å². The highest BCUT2D eigenvalue weighted by Gasteiger charge is 2.14. The van der Waals surface area contributed by atoms with Crippen LogP contribution in [-0.2, 0) is 4.74 Å². The largest absolute Gasteiger partial charge is 0.380 e. The van der Waals surface area contributed by atoms with Gasteiger partial charge in [-0.25, -0.2) is 4.63 Å². The van der Waals surface area contributed by atoms with Crippen LogP contribution < -0.4 is 11.1 Å². The van der Waals surface area contributed by atoms with E-state index in [0.29, 0.717) is 19.8 Å². The Morgan fingerprint density at radius 1 is 1.50 bits per heavy atom. The van der Waals surface area contributed by atoms with Crippen LogP contribution in [0.5, 0.6) is 0 Å². The molecule has 1 rings (SSSR count). The molecule has 0 aliphatic carbocycles. The van der Waals surface area contributed by atoms with Gasteiger partial charge in [-0.2, -0.15) is 0 Å². The zero-order valence-electron chi connectivity index (χ0n) is 9.23. The lowest BCUT2D eigenvalue weighted by molar-refractivity contribution is 0.0904. The second kappa shape index (κ2) is 6.78. The fourth-order valence-corrected chi connectivity index (χ4v) is 1.02. The van der Waals surface area contributed by atoms with Crippen molar-refractivity contribution in [3.05, 3.63) is 5.69 Å². The summed E-state index contributed by atoms with van der Waals surface area (Å²) in [7, 11) is 0. The maximum atomic E-state index is 11.4. The van der Waals surface area contributed by atoms with Crippen LogP contribution in [0.4, 0.5) is 5.82 Å². The molecule has 0 spiro atoms. The molecule has 1 aromatic rings. The first-order valence-electron chi connectivity index (χ1n) is 5.19. The normalized spacial score (nSPS) is 10.3. The molecule has 1 aromatic heterocycles. The van der Waals surface area contributed by atoms with Crippen LogP contribution in [0.1, 0.15) is 30.3 Å². The predicted octanol–water partition coefficient (Wildman–Crippen LogP) is 0.198. The molecule has 7 nitrogen and oxygen atoms in total. The first-order valence-corrected chi connectivity index (χ1v) is 5.19. The predicted molar refractivity (Wildman–Crippen MR) is 56.8 cm³/mol. The van der Waals surface area contributed by atoms with Crippen molar-refractivity contribution in [3.8, 4) is 0 Å². The van der Waals surface area contributed by atoms with Crippen molar-refractivity contribution in [3.63, 3.8) is 0 Å². The maximum absolute atomic E-state index is 11.4. The van der Waals surface area contributed by atoms with Gasteiger partial charge in [0.1, 0.15) is 0 Å². The Balaban J connectivity index is 2.14. The number of hydrogen-bond acceptors (Lipinski definition) is 6. The lowest BCUT2D eigenvalue weighted by Crippen LogP contribution is -2.28. The number of carbonyl (C=O) groups is 1. The van der Waals surface area contributed by atoms with Gasteiger partial charge in [0.25, 0.3) is 5.91 Å². The first kappa shape index (κ1) is 12.4. The highest BCUT2D eigenvalue weighted by Crippen LogP contribution is 2.02. The molecular formula is C9H16N4O3. The summed E-state index contributed by atoms with van der Waals surface area (Å²) in [6.07, 6.45) is 2.11. The number of aromatic nitrogens is 2. The molecule has 0 saturated heterocycles. The van der Waals surface area contributed by atoms with E-state index in [1.807, 2.05) is 0 Å². The SMILES string of the molecule is CCCCOCCNC(=O)c1nonc1N. The summed E-state index contributed by atoms with van der Waals surface area (Å²) < 4.78 is 9.58. The average molecular weight is 228 g/mol. The zero-order chi connectivity index (χ0) is 11.8. The van der Waals surface area contributed by atoms with Crippen LogP contribution in [0, 0.1) is 0 Å². The molecule has 90 valence electrons. The van der Waals surface area contributed by atoms with E-state index in [-0.39, 0.29) is 11.5 Å². The molecule has 0 bridgehead atoms. The van der Waals surface area contributed by atoms with Gasteiger partial charge in [-0.3, -0.25) is 4.79 Å². The molecular weight excluding hydrogens is 212 g/mol. The second-order valence-electron chi connectivity index (χ2n) is 3.22. The molecule has 0 saturated carbocycles. The molecule has 0 fully saturated rings. The summed E-state index contributed by atoms with van der Waals surface area (Å²) in [6.45, 7) is 3.68. The van der Waals surface area contributed by atoms with Crippen molar-refractivity contribution >= 4 is 11.7 Å². The number of ether oxygens (including phenoxy) is 1. The minimum Gasteiger partial charge on any atom is -0.380 e. The Morgan fingerprint density at radius 2 is 2.31 bits per heavy atom. The van der Waals surface area contributed by atoms with E-state index in [2.05, 4.69) is 27.2 Å². The molecule has 0 atom stereocenters. The van der Waals surface area contributed by atoms with Gasteiger partial charge >= 0.3 is 0 Å². The minimum absolute atomic E-state index is 0.00792. The number of nitrogen functional groups attached to an aromatic ring is 1. The van der Waals surface area contributed by atoms with Crippen LogP contribution in [-0.4, -0.2) is 36.0 Å². The third kappa shape index (κ3) is 3.85. The highest BCUT2D eigenvalue weighted by atomic mass is 16.6. The Labute approximate surface area is 93.3 Å². The maximum Gasteiger partial charge on any atom is 0.277 e. The Kier molecular flexibility index (Phi) is 5.27. The van der Waals surface area contributed by atoms with E-state index in [1.165, 1.54) is 0 Å². The van der Waals surface area contributed by atoms with Crippen LogP contribution >= 0.6 is 0 Å². The number of carbonyl (C=O) groups excluding carboxylic acids is 1. The molecule has 0 radical (unpaired) electrons. The van der Waals surface area contributed by atoms with Gasteiger partial charge in [-0.05, 0) is 16.7 Å². The van der Waals surface area contributed by atoms with E-state index in [0.717, 1.165) is 12.8 Å². The number of unbranched alkanes of at least 4 members (excludes halogenated alkanes) is 1. The Hall–Kier alpha value is -1.63. The summed E-state index contributed by atoms with van der Waals surface area (Å²) in [5.74, 6) is -0.415. The quantitative estimate of drug-likeness (QED) is 0.646. The first-order chi connectivity index (χ1) is 7.75. The topological polar surface area (TPSA) is 103 Å². The number of nitrogens with one attached hydrogen (secondary N) is 1. The number of nitrogens with zero attached hydrogens (tertiary/aromatic N) is 2. The van der Waals surface area contributed by atoms with Gasteiger partial charge in [0.2, 0.25) is 11.5 Å². The minimum atomic E-state index is -0.405. The summed E-state index contributed by atoms with van der Waals surface area (Å²) in [5.41, 5.74) is 5.36. The highest BCUT2D eigenvalue weighted by molar-refractivity contribution is 5.95. The second-order valence-corrected chi connectivity index (χ2v) is 3.22. The lowest BCUT2D eigenvalue weighted by Gasteiger charge is -2.04. The van der Waals surface area contributed by atoms with Crippen molar-refractivity contribution in [1.29, 1.82) is 0 Å². The summed E-state index contributed by atoms with van der Waals surface area (Å²) in [6, 6.07) is 0. The molecule has 0 aromatic carbocycles. The smallest absolute Gasteiger partial charge is 0.277 e. The average Bonchev–Trinajstić information content (AvgIpc) is 2.69. The van der Waals surface area contributed by atoms with E-state index in [9.17, 15) is 4.79 Å². The monoisotopic (exact) mass is 228 g/mol. The van der Waals surface area contributed by atoms with E-state index in [1.54, 1.807) is 0 Å². The van der Waals surface area contributed by atoms with Gasteiger partial charge in [0.15, 0.2) is 0 Å². The Morgan fingerprint density at radius 3 is 2.94 bits per heavy atom. The van der Waals surface area contributed by atoms with Crippen LogP contribution in [0.15, 0.2) is 4.63 Å². The van der Waals surface area contributed by atoms with Gasteiger partial charge < -0.3 is 15.8 Å². The van der Waals surface area contributed by atoms with Crippen molar-refractivity contribution in [2.75, 3.05) is 25.5 Å². The fourth-order valence-electron chi connectivity index (χ4n) is 1.02. The fraction of sp³-hybridized carbons (Fsp3) is 0.667. The van der Waals surface area contributed by atoms with Crippen LogP contribution in [0.3, 0.4) is 0 Å².